The number of sulfonamides is 1. The molecule has 450 valence electrons. The Kier molecular flexibility index (Phi) is 25.2. The molecule has 0 saturated carbocycles. The Morgan fingerprint density at radius 1 is 0.711 bits per heavy atom. The molecule has 5 rings (SSSR count). The van der Waals surface area contributed by atoms with E-state index in [1.807, 2.05) is 13.8 Å². The number of benzene rings is 1. The van der Waals surface area contributed by atoms with E-state index in [-0.39, 0.29) is 106 Å². The van der Waals surface area contributed by atoms with Crippen molar-refractivity contribution in [2.45, 2.75) is 70.4 Å². The molecule has 0 aliphatic rings. The Labute approximate surface area is 470 Å². The van der Waals surface area contributed by atoms with Crippen molar-refractivity contribution in [2.24, 2.45) is 0 Å². The highest BCUT2D eigenvalue weighted by Gasteiger charge is 2.39. The Hall–Kier alpha value is -9.65. The summed E-state index contributed by atoms with van der Waals surface area (Å²) >= 11 is 0. The second kappa shape index (κ2) is 32.6. The summed E-state index contributed by atoms with van der Waals surface area (Å²) in [5.41, 5.74) is 0.702. The first kappa shape index (κ1) is 64.2. The van der Waals surface area contributed by atoms with Gasteiger partial charge in [0.25, 0.3) is 31.2 Å². The minimum Gasteiger partial charge on any atom is -0.493 e. The summed E-state index contributed by atoms with van der Waals surface area (Å²) in [7, 11) is -3.74. The maximum Gasteiger partial charge on any atom is 0.510 e. The van der Waals surface area contributed by atoms with Gasteiger partial charge in [0.05, 0.1) is 40.1 Å². The molecule has 37 heteroatoms. The molecule has 4 heterocycles. The van der Waals surface area contributed by atoms with Gasteiger partial charge in [0.15, 0.2) is 40.6 Å². The number of carbonyl (C=O) groups is 3. The minimum atomic E-state index is -5.07. The van der Waals surface area contributed by atoms with Crippen molar-refractivity contribution >= 4 is 34.1 Å². The first-order valence-corrected chi connectivity index (χ1v) is 26.1. The summed E-state index contributed by atoms with van der Waals surface area (Å²) in [6.07, 6.45) is -2.97. The van der Waals surface area contributed by atoms with Crippen LogP contribution in [0.1, 0.15) is 64.7 Å². The Morgan fingerprint density at radius 3 is 1.96 bits per heavy atom. The molecule has 4 aromatic heterocycles. The predicted octanol–water partition coefficient (Wildman–Crippen LogP) is 4.63. The molecule has 0 aliphatic carbocycles. The molecular formula is C46H56N12O24S. The number of rotatable bonds is 37. The van der Waals surface area contributed by atoms with Gasteiger partial charge in [-0.3, -0.25) is 9.78 Å². The molecule has 5 aromatic rings. The number of hydrogen-bond donors (Lipinski definition) is 0. The molecular weight excluding hydrogens is 1140 g/mol. The van der Waals surface area contributed by atoms with Crippen LogP contribution in [-0.2, 0) is 62.5 Å². The third-order valence-corrected chi connectivity index (χ3v) is 12.3. The average Bonchev–Trinajstić information content (AvgIpc) is 2.69. The van der Waals surface area contributed by atoms with E-state index in [9.17, 15) is 44.7 Å². The zero-order valence-electron chi connectivity index (χ0n) is 45.0. The molecule has 0 bridgehead atoms. The van der Waals surface area contributed by atoms with Crippen LogP contribution in [0.2, 0.25) is 0 Å². The number of hydrogen-bond acceptors (Lipinski definition) is 31. The van der Waals surface area contributed by atoms with Crippen LogP contribution in [-0.4, -0.2) is 168 Å². The quantitative estimate of drug-likeness (QED) is 0.0131. The Balaban J connectivity index is 1.61. The van der Waals surface area contributed by atoms with E-state index >= 15 is 8.42 Å². The van der Waals surface area contributed by atoms with E-state index in [0.717, 1.165) is 11.6 Å². The predicted molar refractivity (Wildman–Crippen MR) is 273 cm³/mol. The van der Waals surface area contributed by atoms with Gasteiger partial charge in [-0.05, 0) is 78.9 Å². The molecule has 0 aliphatic heterocycles. The van der Waals surface area contributed by atoms with Crippen LogP contribution in [0.3, 0.4) is 0 Å². The van der Waals surface area contributed by atoms with Gasteiger partial charge in [-0.1, -0.05) is 32.0 Å². The van der Waals surface area contributed by atoms with Gasteiger partial charge in [-0.25, -0.2) is 23.9 Å². The number of ether oxygens (including phenoxy) is 10. The van der Waals surface area contributed by atoms with Crippen molar-refractivity contribution in [2.75, 3.05) is 84.1 Å². The standard InChI is InChI=1S/C46H56N12O24S/c1-30(2)34-13-14-38(48-29-34)83(68,69)55(32(4)81-46(61)76-23-19-72-21-27-79-58(66)67)43-40(82-37-11-7-6-10-36(37)70-5)44(74-25-24-73-39(59)12-8-9-17-77-56(62)63)50-41(49-43)33-15-16-47-35(28-33)42-51-52-53-54(42)31(3)80-45(60)75-22-18-71-20-26-78-57(64)65/h6-7,10-11,13-16,28-32H,8-9,12,17-27H2,1-5H3. The van der Waals surface area contributed by atoms with E-state index in [0.29, 0.717) is 9.87 Å². The van der Waals surface area contributed by atoms with Crippen LogP contribution in [0.25, 0.3) is 22.9 Å². The van der Waals surface area contributed by atoms with Crippen molar-refractivity contribution in [1.29, 1.82) is 0 Å². The minimum absolute atomic E-state index is 0.00635. The van der Waals surface area contributed by atoms with Crippen LogP contribution in [0, 0.1) is 30.3 Å². The number of carbonyl (C=O) groups excluding carboxylic acids is 3. The van der Waals surface area contributed by atoms with Gasteiger partial charge in [0, 0.05) is 24.4 Å². The number of tetrazole rings is 1. The smallest absolute Gasteiger partial charge is 0.493 e. The zero-order chi connectivity index (χ0) is 60.3. The van der Waals surface area contributed by atoms with Crippen LogP contribution < -0.4 is 18.5 Å². The number of aromatic nitrogens is 8. The SMILES string of the molecule is COc1ccccc1Oc1c(OCCOC(=O)CCCCO[N+](=O)[O-])nc(-c2ccnc(-c3nnnn3C(C)OC(=O)OCCOCCO[N+](=O)[O-])c2)nc1N(C(C)OC(=O)OCCOCCO[N+](=O)[O-])S(=O)(=O)c1ccc(C(C)C)cn1. The van der Waals surface area contributed by atoms with Crippen molar-refractivity contribution < 1.29 is 99.9 Å². The van der Waals surface area contributed by atoms with Crippen LogP contribution in [0.15, 0.2) is 66.0 Å². The maximum atomic E-state index is 15.3. The lowest BCUT2D eigenvalue weighted by molar-refractivity contribution is -0.758. The lowest BCUT2D eigenvalue weighted by Gasteiger charge is -2.30. The molecule has 83 heavy (non-hydrogen) atoms. The molecule has 0 fully saturated rings. The third-order valence-electron chi connectivity index (χ3n) is 10.5. The topological polar surface area (TPSA) is 433 Å². The number of unbranched alkanes of at least 4 members (excludes halogenated alkanes) is 1. The first-order chi connectivity index (χ1) is 39.8. The van der Waals surface area contributed by atoms with Crippen LogP contribution >= 0.6 is 0 Å². The molecule has 0 saturated heterocycles. The third kappa shape index (κ3) is 20.4. The maximum absolute atomic E-state index is 15.3. The van der Waals surface area contributed by atoms with E-state index in [1.54, 1.807) is 12.1 Å². The van der Waals surface area contributed by atoms with Gasteiger partial charge in [-0.2, -0.15) is 18.1 Å². The highest BCUT2D eigenvalue weighted by Crippen LogP contribution is 2.45. The molecule has 1 aromatic carbocycles. The first-order valence-electron chi connectivity index (χ1n) is 24.7. The zero-order valence-corrected chi connectivity index (χ0v) is 45.8. The fourth-order valence-corrected chi connectivity index (χ4v) is 8.11. The van der Waals surface area contributed by atoms with Crippen molar-refractivity contribution in [3.63, 3.8) is 0 Å². The lowest BCUT2D eigenvalue weighted by Crippen LogP contribution is -2.43. The number of para-hydroxylation sites is 2. The van der Waals surface area contributed by atoms with Crippen molar-refractivity contribution in [1.82, 2.24) is 40.1 Å². The second-order valence-electron chi connectivity index (χ2n) is 16.6. The molecule has 0 N–H and O–H groups in total. The van der Waals surface area contributed by atoms with Gasteiger partial charge >= 0.3 is 18.3 Å². The number of esters is 1. The van der Waals surface area contributed by atoms with Crippen molar-refractivity contribution in [3.05, 3.63) is 96.8 Å². The summed E-state index contributed by atoms with van der Waals surface area (Å²) in [6.45, 7) is 2.69. The van der Waals surface area contributed by atoms with E-state index in [2.05, 4.69) is 45.0 Å². The molecule has 2 unspecified atom stereocenters. The largest absolute Gasteiger partial charge is 0.510 e. The summed E-state index contributed by atoms with van der Waals surface area (Å²) in [4.78, 5) is 101. The molecule has 0 radical (unpaired) electrons. The Bertz CT molecular complexity index is 3070. The molecule has 0 amide bonds. The fourth-order valence-electron chi connectivity index (χ4n) is 6.70. The highest BCUT2D eigenvalue weighted by atomic mass is 32.2. The summed E-state index contributed by atoms with van der Waals surface area (Å²) in [6, 6.07) is 11.6. The monoisotopic (exact) mass is 1190 g/mol. The van der Waals surface area contributed by atoms with E-state index in [1.165, 1.54) is 62.8 Å². The molecule has 36 nitrogen and oxygen atoms in total. The molecule has 0 spiro atoms. The second-order valence-corrected chi connectivity index (χ2v) is 18.3. The number of anilines is 1. The Morgan fingerprint density at radius 2 is 1.34 bits per heavy atom. The highest BCUT2D eigenvalue weighted by molar-refractivity contribution is 7.92. The average molecular weight is 1190 g/mol. The van der Waals surface area contributed by atoms with Gasteiger partial charge in [0.2, 0.25) is 11.6 Å². The number of pyridine rings is 2. The van der Waals surface area contributed by atoms with Gasteiger partial charge in [0.1, 0.15) is 45.3 Å². The lowest BCUT2D eigenvalue weighted by atomic mass is 10.1. The van der Waals surface area contributed by atoms with Crippen LogP contribution in [0.5, 0.6) is 23.1 Å². The van der Waals surface area contributed by atoms with Gasteiger partial charge < -0.3 is 61.9 Å². The van der Waals surface area contributed by atoms with E-state index in [4.69, 9.17) is 52.4 Å². The summed E-state index contributed by atoms with van der Waals surface area (Å²) in [5.74, 6) is -2.92. The van der Waals surface area contributed by atoms with Crippen molar-refractivity contribution in [3.8, 4) is 46.0 Å². The summed E-state index contributed by atoms with van der Waals surface area (Å²) < 4.78 is 87.2. The normalized spacial score (nSPS) is 11.8. The fraction of sp³-hybridized carbons (Fsp3) is 0.478. The number of methoxy groups -OCH3 is 1. The van der Waals surface area contributed by atoms with E-state index < -0.39 is 105 Å². The van der Waals surface area contributed by atoms with Gasteiger partial charge in [-0.15, -0.1) is 35.4 Å². The molecule has 2 atom stereocenters. The summed E-state index contributed by atoms with van der Waals surface area (Å²) in [5, 5.41) is 39.5. The van der Waals surface area contributed by atoms with Crippen LogP contribution in [0.4, 0.5) is 15.4 Å². The number of nitrogens with zero attached hydrogens (tertiary/aromatic N) is 12.